The molecule has 0 aliphatic carbocycles. The predicted molar refractivity (Wildman–Crippen MR) is 87.6 cm³/mol. The summed E-state index contributed by atoms with van der Waals surface area (Å²) in [6.07, 6.45) is -1.69. The fourth-order valence-electron chi connectivity index (χ4n) is 2.35. The molecule has 0 unspecified atom stereocenters. The van der Waals surface area contributed by atoms with Crippen molar-refractivity contribution in [1.82, 2.24) is 4.98 Å². The number of hydrazone groups is 1. The number of nitrogens with one attached hydrogen (secondary N) is 2. The van der Waals surface area contributed by atoms with Gasteiger partial charge in [0.15, 0.2) is 0 Å². The van der Waals surface area contributed by atoms with E-state index < -0.39 is 22.4 Å². The van der Waals surface area contributed by atoms with Gasteiger partial charge in [0.2, 0.25) is 0 Å². The van der Waals surface area contributed by atoms with Crippen molar-refractivity contribution in [3.05, 3.63) is 69.9 Å². The van der Waals surface area contributed by atoms with Gasteiger partial charge in [-0.25, -0.2) is 0 Å². The van der Waals surface area contributed by atoms with Crippen molar-refractivity contribution in [2.75, 3.05) is 5.43 Å². The maximum absolute atomic E-state index is 13.1. The Labute approximate surface area is 139 Å². The Morgan fingerprint density at radius 3 is 2.68 bits per heavy atom. The number of aromatic amines is 1. The number of para-hydroxylation sites is 1. The summed E-state index contributed by atoms with van der Waals surface area (Å²) in [5, 5.41) is 15.4. The topological polar surface area (TPSA) is 83.3 Å². The van der Waals surface area contributed by atoms with Gasteiger partial charge in [0.1, 0.15) is 0 Å². The molecular formula is C16H11F3N4O2. The molecule has 6 nitrogen and oxygen atoms in total. The summed E-state index contributed by atoms with van der Waals surface area (Å²) in [7, 11) is 0. The lowest BCUT2D eigenvalue weighted by molar-refractivity contribution is -0.385. The van der Waals surface area contributed by atoms with Gasteiger partial charge >= 0.3 is 6.18 Å². The second-order valence-corrected chi connectivity index (χ2v) is 5.14. The minimum Gasteiger partial charge on any atom is -0.361 e. The van der Waals surface area contributed by atoms with E-state index in [9.17, 15) is 23.3 Å². The molecule has 3 rings (SSSR count). The van der Waals surface area contributed by atoms with Crippen molar-refractivity contribution >= 4 is 28.5 Å². The molecule has 9 heteroatoms. The molecule has 2 aromatic carbocycles. The van der Waals surface area contributed by atoms with E-state index in [1.807, 2.05) is 24.3 Å². The normalized spacial score (nSPS) is 12.0. The first-order chi connectivity index (χ1) is 11.9. The molecule has 1 aromatic heterocycles. The number of rotatable bonds is 4. The maximum atomic E-state index is 13.1. The molecule has 0 amide bonds. The third kappa shape index (κ3) is 3.44. The van der Waals surface area contributed by atoms with E-state index >= 15 is 0 Å². The highest BCUT2D eigenvalue weighted by molar-refractivity contribution is 5.99. The molecule has 0 fully saturated rings. The summed E-state index contributed by atoms with van der Waals surface area (Å²) in [6, 6.07) is 9.83. The Morgan fingerprint density at radius 2 is 1.96 bits per heavy atom. The highest BCUT2D eigenvalue weighted by Crippen LogP contribution is 2.37. The van der Waals surface area contributed by atoms with Gasteiger partial charge in [-0.15, -0.1) is 0 Å². The van der Waals surface area contributed by atoms with Crippen LogP contribution in [0.1, 0.15) is 11.1 Å². The van der Waals surface area contributed by atoms with Gasteiger partial charge in [0.05, 0.1) is 22.4 Å². The smallest absolute Gasteiger partial charge is 0.361 e. The highest BCUT2D eigenvalue weighted by atomic mass is 19.4. The zero-order valence-electron chi connectivity index (χ0n) is 12.5. The first kappa shape index (κ1) is 16.5. The Kier molecular flexibility index (Phi) is 4.14. The minimum atomic E-state index is -4.75. The molecule has 0 spiro atoms. The SMILES string of the molecule is O=[N+]([O-])c1ccc(NN=Cc2c[nH]c3ccccc23)c(C(F)(F)F)c1. The minimum absolute atomic E-state index is 0.366. The third-order valence-electron chi connectivity index (χ3n) is 3.53. The van der Waals surface area contributed by atoms with Crippen LogP contribution in [-0.4, -0.2) is 16.1 Å². The molecule has 25 heavy (non-hydrogen) atoms. The second-order valence-electron chi connectivity index (χ2n) is 5.14. The molecular weight excluding hydrogens is 337 g/mol. The lowest BCUT2D eigenvalue weighted by Gasteiger charge is -2.11. The number of nitro groups is 1. The van der Waals surface area contributed by atoms with Gasteiger partial charge in [0, 0.05) is 34.8 Å². The largest absolute Gasteiger partial charge is 0.418 e. The Balaban J connectivity index is 1.89. The lowest BCUT2D eigenvalue weighted by atomic mass is 10.1. The van der Waals surface area contributed by atoms with E-state index in [1.165, 1.54) is 6.21 Å². The van der Waals surface area contributed by atoms with Crippen LogP contribution in [0.25, 0.3) is 10.9 Å². The first-order valence-electron chi connectivity index (χ1n) is 7.07. The number of nitrogens with zero attached hydrogens (tertiary/aromatic N) is 2. The number of benzene rings is 2. The van der Waals surface area contributed by atoms with Crippen molar-refractivity contribution in [1.29, 1.82) is 0 Å². The van der Waals surface area contributed by atoms with Crippen LogP contribution in [0.2, 0.25) is 0 Å². The van der Waals surface area contributed by atoms with Crippen molar-refractivity contribution < 1.29 is 18.1 Å². The van der Waals surface area contributed by atoms with Crippen LogP contribution >= 0.6 is 0 Å². The highest BCUT2D eigenvalue weighted by Gasteiger charge is 2.35. The molecule has 0 saturated carbocycles. The molecule has 1 heterocycles. The monoisotopic (exact) mass is 348 g/mol. The van der Waals surface area contributed by atoms with Gasteiger partial charge < -0.3 is 4.98 Å². The zero-order valence-corrected chi connectivity index (χ0v) is 12.5. The van der Waals surface area contributed by atoms with Crippen molar-refractivity contribution in [2.45, 2.75) is 6.18 Å². The number of hydrogen-bond acceptors (Lipinski definition) is 4. The fraction of sp³-hybridized carbons (Fsp3) is 0.0625. The number of H-pyrrole nitrogens is 1. The molecule has 0 aliphatic heterocycles. The van der Waals surface area contributed by atoms with Gasteiger partial charge in [-0.1, -0.05) is 18.2 Å². The Hall–Kier alpha value is -3.36. The van der Waals surface area contributed by atoms with Crippen molar-refractivity contribution in [3.8, 4) is 0 Å². The second kappa shape index (κ2) is 6.27. The maximum Gasteiger partial charge on any atom is 0.418 e. The molecule has 2 N–H and O–H groups in total. The number of aromatic nitrogens is 1. The average molecular weight is 348 g/mol. The fourth-order valence-corrected chi connectivity index (χ4v) is 2.35. The number of hydrogen-bond donors (Lipinski definition) is 2. The van der Waals surface area contributed by atoms with E-state index in [2.05, 4.69) is 15.5 Å². The summed E-state index contributed by atoms with van der Waals surface area (Å²) in [5.41, 5.74) is 1.70. The average Bonchev–Trinajstić information content (AvgIpc) is 2.97. The molecule has 0 saturated heterocycles. The molecule has 0 aliphatic rings. The number of non-ortho nitro benzene ring substituents is 1. The predicted octanol–water partition coefficient (Wildman–Crippen LogP) is 4.54. The Morgan fingerprint density at radius 1 is 1.20 bits per heavy atom. The van der Waals surface area contributed by atoms with Crippen LogP contribution in [-0.2, 0) is 6.18 Å². The number of alkyl halides is 3. The summed E-state index contributed by atoms with van der Waals surface area (Å²) in [5.74, 6) is 0. The molecule has 0 bridgehead atoms. The van der Waals surface area contributed by atoms with Crippen LogP contribution in [0.15, 0.2) is 53.8 Å². The van der Waals surface area contributed by atoms with Gasteiger partial charge in [-0.05, 0) is 12.1 Å². The van der Waals surface area contributed by atoms with E-state index in [-0.39, 0.29) is 5.69 Å². The van der Waals surface area contributed by atoms with E-state index in [0.717, 1.165) is 23.0 Å². The van der Waals surface area contributed by atoms with Crippen molar-refractivity contribution in [3.63, 3.8) is 0 Å². The number of nitro benzene ring substituents is 1. The van der Waals surface area contributed by atoms with Crippen LogP contribution in [0, 0.1) is 10.1 Å². The molecule has 0 radical (unpaired) electrons. The number of anilines is 1. The summed E-state index contributed by atoms with van der Waals surface area (Å²) >= 11 is 0. The lowest BCUT2D eigenvalue weighted by Crippen LogP contribution is -2.09. The van der Waals surface area contributed by atoms with Gasteiger partial charge in [0.25, 0.3) is 5.69 Å². The van der Waals surface area contributed by atoms with Crippen molar-refractivity contribution in [2.24, 2.45) is 5.10 Å². The van der Waals surface area contributed by atoms with Gasteiger partial charge in [-0.3, -0.25) is 15.5 Å². The van der Waals surface area contributed by atoms with E-state index in [1.54, 1.807) is 6.20 Å². The number of halogens is 3. The number of fused-ring (bicyclic) bond motifs is 1. The molecule has 128 valence electrons. The molecule has 3 aromatic rings. The van der Waals surface area contributed by atoms with E-state index in [0.29, 0.717) is 11.6 Å². The molecule has 0 atom stereocenters. The summed E-state index contributed by atoms with van der Waals surface area (Å²) in [6.45, 7) is 0. The Bertz CT molecular complexity index is 963. The van der Waals surface area contributed by atoms with Gasteiger partial charge in [-0.2, -0.15) is 18.3 Å². The summed E-state index contributed by atoms with van der Waals surface area (Å²) in [4.78, 5) is 12.8. The quantitative estimate of drug-likeness (QED) is 0.412. The third-order valence-corrected chi connectivity index (χ3v) is 3.53. The summed E-state index contributed by atoms with van der Waals surface area (Å²) < 4.78 is 39.2. The van der Waals surface area contributed by atoms with Crippen LogP contribution in [0.4, 0.5) is 24.5 Å². The van der Waals surface area contributed by atoms with E-state index in [4.69, 9.17) is 0 Å². The first-order valence-corrected chi connectivity index (χ1v) is 7.07. The van der Waals surface area contributed by atoms with Crippen LogP contribution in [0.3, 0.4) is 0 Å². The standard InChI is InChI=1S/C16H11F3N4O2/c17-16(18,19)13-7-11(23(24)25)5-6-15(13)22-21-9-10-8-20-14-4-2-1-3-12(10)14/h1-9,20,22H. The zero-order chi connectivity index (χ0) is 18.0. The van der Waals surface area contributed by atoms with Crippen LogP contribution in [0.5, 0.6) is 0 Å². The van der Waals surface area contributed by atoms with Crippen LogP contribution < -0.4 is 5.43 Å².